The third kappa shape index (κ3) is 4.21. The zero-order valence-electron chi connectivity index (χ0n) is 18.0. The number of benzene rings is 3. The van der Waals surface area contributed by atoms with Crippen LogP contribution in [0.5, 0.6) is 11.5 Å². The number of rotatable bonds is 8. The fourth-order valence-corrected chi connectivity index (χ4v) is 3.71. The van der Waals surface area contributed by atoms with E-state index in [-0.39, 0.29) is 17.5 Å². The van der Waals surface area contributed by atoms with Gasteiger partial charge in [0.15, 0.2) is 11.5 Å². The molecule has 1 aliphatic heterocycles. The number of nitrogens with zero attached hydrogens (tertiary/aromatic N) is 1. The van der Waals surface area contributed by atoms with Gasteiger partial charge in [0.2, 0.25) is 0 Å². The zero-order valence-corrected chi connectivity index (χ0v) is 18.0. The molecule has 0 saturated heterocycles. The lowest BCUT2D eigenvalue weighted by Crippen LogP contribution is -2.34. The number of imide groups is 1. The van der Waals surface area contributed by atoms with Gasteiger partial charge in [0.05, 0.1) is 19.8 Å². The Morgan fingerprint density at radius 1 is 0.781 bits per heavy atom. The normalized spacial score (nSPS) is 13.5. The Bertz CT molecular complexity index is 1160. The van der Waals surface area contributed by atoms with Gasteiger partial charge >= 0.3 is 0 Å². The van der Waals surface area contributed by atoms with Crippen LogP contribution in [0.1, 0.15) is 11.1 Å². The summed E-state index contributed by atoms with van der Waals surface area (Å²) in [6.07, 6.45) is 0.587. The minimum atomic E-state index is -0.348. The Morgan fingerprint density at radius 3 is 2.09 bits per heavy atom. The van der Waals surface area contributed by atoms with Gasteiger partial charge < -0.3 is 14.8 Å². The maximum absolute atomic E-state index is 13.3. The topological polar surface area (TPSA) is 67.9 Å². The summed E-state index contributed by atoms with van der Waals surface area (Å²) < 4.78 is 10.7. The van der Waals surface area contributed by atoms with Gasteiger partial charge in [-0.2, -0.15) is 0 Å². The van der Waals surface area contributed by atoms with Gasteiger partial charge in [-0.3, -0.25) is 14.5 Å². The maximum Gasteiger partial charge on any atom is 0.278 e. The summed E-state index contributed by atoms with van der Waals surface area (Å²) in [5, 5.41) is 3.16. The molecule has 0 fully saturated rings. The van der Waals surface area contributed by atoms with Gasteiger partial charge in [-0.05, 0) is 29.7 Å². The van der Waals surface area contributed by atoms with Crippen molar-refractivity contribution in [1.82, 2.24) is 4.90 Å². The van der Waals surface area contributed by atoms with Crippen LogP contribution >= 0.6 is 0 Å². The molecule has 1 N–H and O–H groups in total. The van der Waals surface area contributed by atoms with Crippen LogP contribution in [-0.4, -0.2) is 37.5 Å². The Labute approximate surface area is 187 Å². The molecule has 6 heteroatoms. The Balaban J connectivity index is 1.67. The fraction of sp³-hybridized carbons (Fsp3) is 0.154. The van der Waals surface area contributed by atoms with Crippen LogP contribution in [0, 0.1) is 0 Å². The Hall–Kier alpha value is -4.06. The Kier molecular flexibility index (Phi) is 6.22. The first kappa shape index (κ1) is 21.2. The molecule has 1 heterocycles. The van der Waals surface area contributed by atoms with Gasteiger partial charge in [-0.1, -0.05) is 60.7 Å². The predicted octanol–water partition coefficient (Wildman–Crippen LogP) is 4.14. The van der Waals surface area contributed by atoms with E-state index in [1.54, 1.807) is 32.4 Å². The smallest absolute Gasteiger partial charge is 0.278 e. The van der Waals surface area contributed by atoms with Crippen LogP contribution in [-0.2, 0) is 16.0 Å². The molecule has 0 atom stereocenters. The van der Waals surface area contributed by atoms with Crippen LogP contribution < -0.4 is 14.8 Å². The standard InChI is InChI=1S/C26H24N2O4/c1-31-21-14-13-20(17-22(21)32-2)27-24-23(19-11-7-4-8-12-19)25(29)28(26(24)30)16-15-18-9-5-3-6-10-18/h3-14,17,27H,15-16H2,1-2H3. The number of carbonyl (C=O) groups is 2. The number of carbonyl (C=O) groups excluding carboxylic acids is 2. The van der Waals surface area contributed by atoms with Gasteiger partial charge in [-0.15, -0.1) is 0 Å². The van der Waals surface area contributed by atoms with E-state index >= 15 is 0 Å². The second-order valence-electron chi connectivity index (χ2n) is 7.31. The SMILES string of the molecule is COc1ccc(NC2=C(c3ccccc3)C(=O)N(CCc3ccccc3)C2=O)cc1OC. The zero-order chi connectivity index (χ0) is 22.5. The number of nitrogens with one attached hydrogen (secondary N) is 1. The van der Waals surface area contributed by atoms with Crippen molar-refractivity contribution in [3.05, 3.63) is 95.7 Å². The summed E-state index contributed by atoms with van der Waals surface area (Å²) in [5.41, 5.74) is 2.99. The average Bonchev–Trinajstić information content (AvgIpc) is 3.07. The first-order chi connectivity index (χ1) is 15.6. The van der Waals surface area contributed by atoms with E-state index in [1.807, 2.05) is 60.7 Å². The van der Waals surface area contributed by atoms with Gasteiger partial charge in [-0.25, -0.2) is 0 Å². The highest BCUT2D eigenvalue weighted by atomic mass is 16.5. The molecule has 0 radical (unpaired) electrons. The van der Waals surface area contributed by atoms with Gasteiger partial charge in [0.25, 0.3) is 11.8 Å². The van der Waals surface area contributed by atoms with E-state index in [9.17, 15) is 9.59 Å². The van der Waals surface area contributed by atoms with Crippen LogP contribution in [0.2, 0.25) is 0 Å². The number of ether oxygens (including phenoxy) is 2. The molecular formula is C26H24N2O4. The third-order valence-electron chi connectivity index (χ3n) is 5.35. The Morgan fingerprint density at radius 2 is 1.44 bits per heavy atom. The average molecular weight is 428 g/mol. The summed E-state index contributed by atoms with van der Waals surface area (Å²) in [7, 11) is 3.11. The lowest BCUT2D eigenvalue weighted by molar-refractivity contribution is -0.136. The summed E-state index contributed by atoms with van der Waals surface area (Å²) >= 11 is 0. The number of methoxy groups -OCH3 is 2. The minimum absolute atomic E-state index is 0.251. The summed E-state index contributed by atoms with van der Waals surface area (Å²) in [4.78, 5) is 28.0. The van der Waals surface area contributed by atoms with E-state index in [2.05, 4.69) is 5.32 Å². The highest BCUT2D eigenvalue weighted by molar-refractivity contribution is 6.36. The number of hydrogen-bond acceptors (Lipinski definition) is 5. The molecule has 6 nitrogen and oxygen atoms in total. The summed E-state index contributed by atoms with van der Waals surface area (Å²) in [5.74, 6) is 0.449. The minimum Gasteiger partial charge on any atom is -0.493 e. The van der Waals surface area contributed by atoms with Gasteiger partial charge in [0, 0.05) is 18.3 Å². The van der Waals surface area contributed by atoms with Crippen LogP contribution in [0.25, 0.3) is 5.57 Å². The monoisotopic (exact) mass is 428 g/mol. The number of anilines is 1. The molecule has 0 bridgehead atoms. The maximum atomic E-state index is 13.3. The van der Waals surface area contributed by atoms with Crippen LogP contribution in [0.4, 0.5) is 5.69 Å². The molecule has 3 aromatic rings. The molecule has 4 rings (SSSR count). The molecule has 2 amide bonds. The van der Waals surface area contributed by atoms with Crippen molar-refractivity contribution in [3.63, 3.8) is 0 Å². The van der Waals surface area contributed by atoms with Crippen LogP contribution in [0.15, 0.2) is 84.6 Å². The van der Waals surface area contributed by atoms with Crippen LogP contribution in [0.3, 0.4) is 0 Å². The second kappa shape index (κ2) is 9.39. The molecule has 0 unspecified atom stereocenters. The van der Waals surface area contributed by atoms with Crippen molar-refractivity contribution in [2.24, 2.45) is 0 Å². The lowest BCUT2D eigenvalue weighted by atomic mass is 10.0. The predicted molar refractivity (Wildman–Crippen MR) is 123 cm³/mol. The number of amides is 2. The molecule has 32 heavy (non-hydrogen) atoms. The van der Waals surface area contributed by atoms with E-state index in [0.29, 0.717) is 41.3 Å². The van der Waals surface area contributed by atoms with Crippen molar-refractivity contribution in [2.45, 2.75) is 6.42 Å². The van der Waals surface area contributed by atoms with E-state index in [1.165, 1.54) is 4.90 Å². The quantitative estimate of drug-likeness (QED) is 0.546. The van der Waals surface area contributed by atoms with Gasteiger partial charge in [0.1, 0.15) is 5.70 Å². The third-order valence-corrected chi connectivity index (χ3v) is 5.35. The van der Waals surface area contributed by atoms with Crippen molar-refractivity contribution >= 4 is 23.1 Å². The lowest BCUT2D eigenvalue weighted by Gasteiger charge is -2.15. The van der Waals surface area contributed by atoms with Crippen molar-refractivity contribution in [3.8, 4) is 11.5 Å². The molecular weight excluding hydrogens is 404 g/mol. The van der Waals surface area contributed by atoms with Crippen molar-refractivity contribution < 1.29 is 19.1 Å². The van der Waals surface area contributed by atoms with Crippen molar-refractivity contribution in [1.29, 1.82) is 0 Å². The van der Waals surface area contributed by atoms with E-state index < -0.39 is 0 Å². The summed E-state index contributed by atoms with van der Waals surface area (Å²) in [6.45, 7) is 0.301. The number of hydrogen-bond donors (Lipinski definition) is 1. The molecule has 0 spiro atoms. The first-order valence-corrected chi connectivity index (χ1v) is 10.3. The van der Waals surface area contributed by atoms with E-state index in [4.69, 9.17) is 9.47 Å². The fourth-order valence-electron chi connectivity index (χ4n) is 3.71. The molecule has 0 aromatic heterocycles. The van der Waals surface area contributed by atoms with E-state index in [0.717, 1.165) is 5.56 Å². The molecule has 3 aromatic carbocycles. The molecule has 0 saturated carbocycles. The summed E-state index contributed by atoms with van der Waals surface area (Å²) in [6, 6.07) is 24.3. The second-order valence-corrected chi connectivity index (χ2v) is 7.31. The molecule has 0 aliphatic carbocycles. The molecule has 1 aliphatic rings. The molecule has 162 valence electrons. The van der Waals surface area contributed by atoms with Crippen molar-refractivity contribution in [2.75, 3.05) is 26.1 Å². The highest BCUT2D eigenvalue weighted by Gasteiger charge is 2.38. The first-order valence-electron chi connectivity index (χ1n) is 10.3. The largest absolute Gasteiger partial charge is 0.493 e. The highest BCUT2D eigenvalue weighted by Crippen LogP contribution is 2.34.